The molecule has 0 aliphatic carbocycles. The molecule has 88 valence electrons. The number of hydrogen-bond acceptors (Lipinski definition) is 1. The van der Waals surface area contributed by atoms with Gasteiger partial charge in [0, 0.05) is 6.92 Å². The predicted octanol–water partition coefficient (Wildman–Crippen LogP) is 3.30. The highest BCUT2D eigenvalue weighted by Gasteiger charge is 2.29. The Bertz CT molecular complexity index is 343. The van der Waals surface area contributed by atoms with Gasteiger partial charge < -0.3 is 5.32 Å². The molecule has 0 saturated carbocycles. The largest absolute Gasteiger partial charge is 0.349 e. The summed E-state index contributed by atoms with van der Waals surface area (Å²) in [5.41, 5.74) is 1.23. The molecule has 1 amide bonds. The van der Waals surface area contributed by atoms with E-state index in [1.54, 1.807) is 6.92 Å². The molecule has 0 aromatic heterocycles. The van der Waals surface area contributed by atoms with Gasteiger partial charge in [-0.2, -0.15) is 0 Å². The molecule has 16 heavy (non-hydrogen) atoms. The molecule has 1 aromatic carbocycles. The smallest absolute Gasteiger partial charge is 0.217 e. The Morgan fingerprint density at radius 1 is 1.31 bits per heavy atom. The van der Waals surface area contributed by atoms with Crippen LogP contribution in [0.4, 0.5) is 0 Å². The molecule has 0 aliphatic rings. The van der Waals surface area contributed by atoms with Crippen LogP contribution < -0.4 is 5.32 Å². The van der Waals surface area contributed by atoms with Gasteiger partial charge >= 0.3 is 0 Å². The monoisotopic (exact) mass is 219 g/mol. The van der Waals surface area contributed by atoms with E-state index in [0.717, 1.165) is 6.42 Å². The van der Waals surface area contributed by atoms with E-state index < -0.39 is 0 Å². The third kappa shape index (κ3) is 3.09. The van der Waals surface area contributed by atoms with Gasteiger partial charge in [0.25, 0.3) is 0 Å². The lowest BCUT2D eigenvalue weighted by Crippen LogP contribution is -2.36. The lowest BCUT2D eigenvalue weighted by atomic mass is 9.78. The first kappa shape index (κ1) is 12.8. The molecule has 0 spiro atoms. The van der Waals surface area contributed by atoms with Crippen LogP contribution in [-0.4, -0.2) is 5.91 Å². The van der Waals surface area contributed by atoms with Crippen LogP contribution in [0.15, 0.2) is 30.3 Å². The molecule has 0 heterocycles. The molecule has 0 radical (unpaired) electrons. The Kier molecular flexibility index (Phi) is 4.11. The van der Waals surface area contributed by atoms with Crippen molar-refractivity contribution in [2.45, 2.75) is 40.2 Å². The van der Waals surface area contributed by atoms with Gasteiger partial charge in [0.1, 0.15) is 0 Å². The number of rotatable bonds is 4. The van der Waals surface area contributed by atoms with E-state index >= 15 is 0 Å². The van der Waals surface area contributed by atoms with Crippen LogP contribution >= 0.6 is 0 Å². The van der Waals surface area contributed by atoms with E-state index in [4.69, 9.17) is 0 Å². The summed E-state index contributed by atoms with van der Waals surface area (Å²) >= 11 is 0. The summed E-state index contributed by atoms with van der Waals surface area (Å²) in [4.78, 5) is 11.3. The highest BCUT2D eigenvalue weighted by Crippen LogP contribution is 2.35. The third-order valence-electron chi connectivity index (χ3n) is 3.17. The Balaban J connectivity index is 3.01. The summed E-state index contributed by atoms with van der Waals surface area (Å²) in [7, 11) is 0. The zero-order valence-corrected chi connectivity index (χ0v) is 10.6. The van der Waals surface area contributed by atoms with Crippen LogP contribution in [0, 0.1) is 5.41 Å². The molecule has 0 fully saturated rings. The third-order valence-corrected chi connectivity index (χ3v) is 3.17. The molecule has 0 unspecified atom stereocenters. The van der Waals surface area contributed by atoms with Crippen molar-refractivity contribution in [1.82, 2.24) is 5.32 Å². The minimum Gasteiger partial charge on any atom is -0.349 e. The topological polar surface area (TPSA) is 29.1 Å². The van der Waals surface area contributed by atoms with Gasteiger partial charge in [-0.3, -0.25) is 4.79 Å². The number of nitrogens with one attached hydrogen (secondary N) is 1. The van der Waals surface area contributed by atoms with Crippen molar-refractivity contribution in [2.75, 3.05) is 0 Å². The van der Waals surface area contributed by atoms with Crippen LogP contribution in [-0.2, 0) is 4.79 Å². The Hall–Kier alpha value is -1.31. The molecule has 1 atom stereocenters. The van der Waals surface area contributed by atoms with E-state index in [1.807, 2.05) is 18.2 Å². The van der Waals surface area contributed by atoms with Crippen LogP contribution in [0.2, 0.25) is 0 Å². The van der Waals surface area contributed by atoms with E-state index in [9.17, 15) is 4.79 Å². The minimum absolute atomic E-state index is 0.0235. The second-order valence-electron chi connectivity index (χ2n) is 4.89. The van der Waals surface area contributed by atoms with Gasteiger partial charge in [0.2, 0.25) is 5.91 Å². The summed E-state index contributed by atoms with van der Waals surface area (Å²) in [6.07, 6.45) is 1.02. The van der Waals surface area contributed by atoms with Crippen molar-refractivity contribution >= 4 is 5.91 Å². The average Bonchev–Trinajstić information content (AvgIpc) is 2.27. The minimum atomic E-state index is 0.0235. The maximum atomic E-state index is 11.3. The van der Waals surface area contributed by atoms with Crippen molar-refractivity contribution in [3.8, 4) is 0 Å². The molecular formula is C14H21NO. The second kappa shape index (κ2) is 5.15. The number of carbonyl (C=O) groups excluding carboxylic acids is 1. The quantitative estimate of drug-likeness (QED) is 0.827. The molecule has 0 aliphatic heterocycles. The number of carbonyl (C=O) groups is 1. The Morgan fingerprint density at radius 2 is 1.88 bits per heavy atom. The lowest BCUT2D eigenvalue weighted by molar-refractivity contribution is -0.120. The van der Waals surface area contributed by atoms with Crippen LogP contribution in [0.3, 0.4) is 0 Å². The normalized spacial score (nSPS) is 13.2. The second-order valence-corrected chi connectivity index (χ2v) is 4.89. The van der Waals surface area contributed by atoms with E-state index in [-0.39, 0.29) is 17.4 Å². The van der Waals surface area contributed by atoms with Crippen LogP contribution in [0.25, 0.3) is 0 Å². The first-order valence-electron chi connectivity index (χ1n) is 5.79. The fourth-order valence-electron chi connectivity index (χ4n) is 1.78. The van der Waals surface area contributed by atoms with E-state index in [2.05, 4.69) is 38.2 Å². The van der Waals surface area contributed by atoms with Gasteiger partial charge in [-0.15, -0.1) is 0 Å². The molecule has 2 heteroatoms. The lowest BCUT2D eigenvalue weighted by Gasteiger charge is -2.34. The fraction of sp³-hybridized carbons (Fsp3) is 0.500. The predicted molar refractivity (Wildman–Crippen MR) is 67.1 cm³/mol. The van der Waals surface area contributed by atoms with Gasteiger partial charge in [-0.1, -0.05) is 51.1 Å². The van der Waals surface area contributed by atoms with Crippen molar-refractivity contribution in [3.63, 3.8) is 0 Å². The maximum Gasteiger partial charge on any atom is 0.217 e. The first-order chi connectivity index (χ1) is 7.47. The summed E-state index contributed by atoms with van der Waals surface area (Å²) in [6.45, 7) is 8.08. The summed E-state index contributed by atoms with van der Waals surface area (Å²) in [5.74, 6) is 0.0235. The van der Waals surface area contributed by atoms with E-state index in [1.165, 1.54) is 5.56 Å². The first-order valence-corrected chi connectivity index (χ1v) is 5.79. The Morgan fingerprint density at radius 3 is 2.31 bits per heavy atom. The SMILES string of the molecule is CCC(C)(C)[C@@H](NC(C)=O)c1ccccc1. The molecule has 0 saturated heterocycles. The van der Waals surface area contributed by atoms with Gasteiger partial charge in [0.05, 0.1) is 6.04 Å². The van der Waals surface area contributed by atoms with Crippen molar-refractivity contribution in [3.05, 3.63) is 35.9 Å². The van der Waals surface area contributed by atoms with Crippen molar-refractivity contribution < 1.29 is 4.79 Å². The van der Waals surface area contributed by atoms with Gasteiger partial charge in [0.15, 0.2) is 0 Å². The van der Waals surface area contributed by atoms with Crippen molar-refractivity contribution in [2.24, 2.45) is 5.41 Å². The van der Waals surface area contributed by atoms with Gasteiger partial charge in [-0.05, 0) is 17.4 Å². The standard InChI is InChI=1S/C14H21NO/c1-5-14(3,4)13(15-11(2)16)12-9-7-6-8-10-12/h6-10,13H,5H2,1-4H3,(H,15,16)/t13-/m0/s1. The molecule has 1 N–H and O–H groups in total. The molecule has 1 aromatic rings. The molecular weight excluding hydrogens is 198 g/mol. The number of amides is 1. The summed E-state index contributed by atoms with van der Waals surface area (Å²) < 4.78 is 0. The fourth-order valence-corrected chi connectivity index (χ4v) is 1.78. The highest BCUT2D eigenvalue weighted by atomic mass is 16.1. The molecule has 1 rings (SSSR count). The maximum absolute atomic E-state index is 11.3. The zero-order chi connectivity index (χ0) is 12.2. The van der Waals surface area contributed by atoms with Crippen LogP contribution in [0.5, 0.6) is 0 Å². The van der Waals surface area contributed by atoms with Crippen LogP contribution in [0.1, 0.15) is 45.7 Å². The highest BCUT2D eigenvalue weighted by molar-refractivity contribution is 5.73. The van der Waals surface area contributed by atoms with Crippen molar-refractivity contribution in [1.29, 1.82) is 0 Å². The Labute approximate surface area is 98.1 Å². The molecule has 0 bridgehead atoms. The van der Waals surface area contributed by atoms with E-state index in [0.29, 0.717) is 0 Å². The number of hydrogen-bond donors (Lipinski definition) is 1. The molecule has 2 nitrogen and oxygen atoms in total. The van der Waals surface area contributed by atoms with Gasteiger partial charge in [-0.25, -0.2) is 0 Å². The number of benzene rings is 1. The zero-order valence-electron chi connectivity index (χ0n) is 10.6. The summed E-state index contributed by atoms with van der Waals surface area (Å²) in [6, 6.07) is 10.2. The average molecular weight is 219 g/mol. The summed E-state index contributed by atoms with van der Waals surface area (Å²) in [5, 5.41) is 3.05.